The van der Waals surface area contributed by atoms with Crippen LogP contribution in [0.2, 0.25) is 0 Å². The third-order valence-corrected chi connectivity index (χ3v) is 3.45. The number of urea groups is 1. The van der Waals surface area contributed by atoms with Gasteiger partial charge in [0.2, 0.25) is 5.91 Å². The minimum Gasteiger partial charge on any atom is -0.480 e. The van der Waals surface area contributed by atoms with Crippen LogP contribution < -0.4 is 16.0 Å². The molecule has 1 aliphatic rings. The van der Waals surface area contributed by atoms with Gasteiger partial charge in [-0.15, -0.1) is 0 Å². The van der Waals surface area contributed by atoms with Crippen molar-refractivity contribution in [3.05, 3.63) is 0 Å². The molecule has 3 amide bonds. The summed E-state index contributed by atoms with van der Waals surface area (Å²) in [5.74, 6) is -0.742. The van der Waals surface area contributed by atoms with Gasteiger partial charge in [-0.3, -0.25) is 14.9 Å². The van der Waals surface area contributed by atoms with Crippen LogP contribution in [0, 0.1) is 5.92 Å². The van der Waals surface area contributed by atoms with E-state index < -0.39 is 12.0 Å². The van der Waals surface area contributed by atoms with Crippen molar-refractivity contribution in [1.82, 2.24) is 20.9 Å². The summed E-state index contributed by atoms with van der Waals surface area (Å²) in [6.45, 7) is 3.04. The number of nitrogens with zero attached hydrogens (tertiary/aromatic N) is 1. The molecule has 0 spiro atoms. The van der Waals surface area contributed by atoms with E-state index in [0.717, 1.165) is 25.9 Å². The van der Waals surface area contributed by atoms with Crippen LogP contribution in [-0.2, 0) is 9.59 Å². The highest BCUT2D eigenvalue weighted by Gasteiger charge is 2.20. The van der Waals surface area contributed by atoms with Gasteiger partial charge in [-0.05, 0) is 31.8 Å². The van der Waals surface area contributed by atoms with Crippen molar-refractivity contribution in [3.8, 4) is 0 Å². The average Bonchev–Trinajstić information content (AvgIpc) is 2.45. The third-order valence-electron chi connectivity index (χ3n) is 3.45. The van der Waals surface area contributed by atoms with Gasteiger partial charge >= 0.3 is 12.0 Å². The Hall–Kier alpha value is -1.67. The maximum Gasteiger partial charge on any atom is 0.321 e. The zero-order valence-electron chi connectivity index (χ0n) is 12.4. The summed E-state index contributed by atoms with van der Waals surface area (Å²) in [7, 11) is 1.46. The Bertz CT molecular complexity index is 375. The lowest BCUT2D eigenvalue weighted by Gasteiger charge is -2.32. The zero-order valence-corrected chi connectivity index (χ0v) is 12.4. The van der Waals surface area contributed by atoms with E-state index >= 15 is 0 Å². The lowest BCUT2D eigenvalue weighted by molar-refractivity contribution is -0.136. The number of piperidine rings is 1. The van der Waals surface area contributed by atoms with E-state index in [1.54, 1.807) is 0 Å². The van der Waals surface area contributed by atoms with Crippen LogP contribution in [0.15, 0.2) is 0 Å². The lowest BCUT2D eigenvalue weighted by Crippen LogP contribution is -2.43. The highest BCUT2D eigenvalue weighted by molar-refractivity contribution is 5.94. The second-order valence-electron chi connectivity index (χ2n) is 5.21. The number of hydrogen-bond acceptors (Lipinski definition) is 5. The molecule has 8 heteroatoms. The van der Waals surface area contributed by atoms with Gasteiger partial charge in [-0.25, -0.2) is 4.79 Å². The summed E-state index contributed by atoms with van der Waals surface area (Å²) in [6.07, 6.45) is 2.38. The Balaban J connectivity index is 2.21. The minimum absolute atomic E-state index is 0.0228. The highest BCUT2D eigenvalue weighted by Crippen LogP contribution is 2.15. The quantitative estimate of drug-likeness (QED) is 0.491. The van der Waals surface area contributed by atoms with Gasteiger partial charge in [0.1, 0.15) is 0 Å². The van der Waals surface area contributed by atoms with Gasteiger partial charge in [0.05, 0.1) is 6.54 Å². The molecule has 0 aromatic carbocycles. The van der Waals surface area contributed by atoms with E-state index in [9.17, 15) is 14.4 Å². The van der Waals surface area contributed by atoms with Crippen molar-refractivity contribution >= 4 is 17.9 Å². The molecule has 0 radical (unpaired) electrons. The van der Waals surface area contributed by atoms with E-state index in [-0.39, 0.29) is 18.9 Å². The van der Waals surface area contributed by atoms with Crippen LogP contribution >= 0.6 is 0 Å². The van der Waals surface area contributed by atoms with Crippen molar-refractivity contribution in [1.29, 1.82) is 0 Å². The summed E-state index contributed by atoms with van der Waals surface area (Å²) >= 11 is 0. The van der Waals surface area contributed by atoms with E-state index in [4.69, 9.17) is 5.11 Å². The number of nitrogens with one attached hydrogen (secondary N) is 3. The maximum atomic E-state index is 11.5. The van der Waals surface area contributed by atoms with Crippen LogP contribution in [0.1, 0.15) is 19.3 Å². The van der Waals surface area contributed by atoms with Gasteiger partial charge in [0.25, 0.3) is 0 Å². The van der Waals surface area contributed by atoms with Gasteiger partial charge in [0.15, 0.2) is 0 Å². The SMILES string of the molecule is CNC(=O)NC(=O)CCN1CCCC(CNCC(=O)O)C1. The molecule has 1 saturated heterocycles. The van der Waals surface area contributed by atoms with E-state index in [2.05, 4.69) is 20.9 Å². The Labute approximate surface area is 124 Å². The molecule has 1 atom stereocenters. The second kappa shape index (κ2) is 9.30. The number of carboxylic acid groups (broad SMARTS) is 1. The van der Waals surface area contributed by atoms with E-state index in [1.807, 2.05) is 0 Å². The number of imide groups is 1. The van der Waals surface area contributed by atoms with Crippen molar-refractivity contribution < 1.29 is 19.5 Å². The molecular weight excluding hydrogens is 276 g/mol. The molecule has 1 unspecified atom stereocenters. The van der Waals surface area contributed by atoms with E-state index in [0.29, 0.717) is 19.0 Å². The fourth-order valence-electron chi connectivity index (χ4n) is 2.42. The number of carboxylic acids is 1. The molecule has 0 saturated carbocycles. The molecule has 0 aliphatic carbocycles. The Morgan fingerprint density at radius 1 is 1.33 bits per heavy atom. The molecule has 1 rings (SSSR count). The predicted octanol–water partition coefficient (Wildman–Crippen LogP) is -0.782. The standard InChI is InChI=1S/C13H24N4O4/c1-14-13(21)16-11(18)4-6-17-5-2-3-10(9-17)7-15-8-12(19)20/h10,15H,2-9H2,1H3,(H,19,20)(H2,14,16,18,21). The smallest absolute Gasteiger partial charge is 0.321 e. The molecule has 0 aromatic heterocycles. The number of hydrogen-bond donors (Lipinski definition) is 4. The van der Waals surface area contributed by atoms with E-state index in [1.165, 1.54) is 7.05 Å². The largest absolute Gasteiger partial charge is 0.480 e. The molecule has 1 aliphatic heterocycles. The molecule has 0 aromatic rings. The highest BCUT2D eigenvalue weighted by atomic mass is 16.4. The fourth-order valence-corrected chi connectivity index (χ4v) is 2.42. The first-order valence-corrected chi connectivity index (χ1v) is 7.17. The van der Waals surface area contributed by atoms with Crippen LogP contribution in [0.25, 0.3) is 0 Å². The Morgan fingerprint density at radius 2 is 2.10 bits per heavy atom. The molecule has 4 N–H and O–H groups in total. The minimum atomic E-state index is -0.853. The van der Waals surface area contributed by atoms with Crippen LogP contribution in [-0.4, -0.2) is 67.7 Å². The number of carbonyl (C=O) groups excluding carboxylic acids is 2. The lowest BCUT2D eigenvalue weighted by atomic mass is 9.98. The van der Waals surface area contributed by atoms with Crippen molar-refractivity contribution in [3.63, 3.8) is 0 Å². The summed E-state index contributed by atoms with van der Waals surface area (Å²) in [5, 5.41) is 16.1. The van der Waals surface area contributed by atoms with Crippen molar-refractivity contribution in [2.75, 3.05) is 39.8 Å². The summed E-state index contributed by atoms with van der Waals surface area (Å²) in [4.78, 5) is 35.1. The van der Waals surface area contributed by atoms with Crippen molar-refractivity contribution in [2.45, 2.75) is 19.3 Å². The third kappa shape index (κ3) is 7.62. The van der Waals surface area contributed by atoms with Crippen LogP contribution in [0.3, 0.4) is 0 Å². The maximum absolute atomic E-state index is 11.5. The molecule has 0 bridgehead atoms. The number of amides is 3. The van der Waals surface area contributed by atoms with Gasteiger partial charge < -0.3 is 20.6 Å². The first kappa shape index (κ1) is 17.4. The predicted molar refractivity (Wildman–Crippen MR) is 76.9 cm³/mol. The van der Waals surface area contributed by atoms with Crippen LogP contribution in [0.5, 0.6) is 0 Å². The van der Waals surface area contributed by atoms with Crippen LogP contribution in [0.4, 0.5) is 4.79 Å². The molecule has 8 nitrogen and oxygen atoms in total. The second-order valence-corrected chi connectivity index (χ2v) is 5.21. The summed E-state index contributed by atoms with van der Waals surface area (Å²) in [6, 6.07) is -0.491. The summed E-state index contributed by atoms with van der Waals surface area (Å²) < 4.78 is 0. The van der Waals surface area contributed by atoms with Gasteiger partial charge in [-0.1, -0.05) is 0 Å². The Morgan fingerprint density at radius 3 is 2.76 bits per heavy atom. The normalized spacial score (nSPS) is 19.0. The summed E-state index contributed by atoms with van der Waals surface area (Å²) in [5.41, 5.74) is 0. The fraction of sp³-hybridized carbons (Fsp3) is 0.769. The average molecular weight is 300 g/mol. The molecule has 21 heavy (non-hydrogen) atoms. The molecule has 120 valence electrons. The molecule has 1 heterocycles. The first-order valence-electron chi connectivity index (χ1n) is 7.17. The topological polar surface area (TPSA) is 111 Å². The van der Waals surface area contributed by atoms with Gasteiger partial charge in [0, 0.05) is 26.6 Å². The number of rotatable bonds is 7. The number of carbonyl (C=O) groups is 3. The zero-order chi connectivity index (χ0) is 15.7. The monoisotopic (exact) mass is 300 g/mol. The molecular formula is C13H24N4O4. The first-order chi connectivity index (χ1) is 10.0. The molecule has 1 fully saturated rings. The van der Waals surface area contributed by atoms with Gasteiger partial charge in [-0.2, -0.15) is 0 Å². The Kier molecular flexibility index (Phi) is 7.70. The number of aliphatic carboxylic acids is 1. The van der Waals surface area contributed by atoms with Crippen molar-refractivity contribution in [2.24, 2.45) is 5.92 Å². The number of likely N-dealkylation sites (tertiary alicyclic amines) is 1.